The fourth-order valence-electron chi connectivity index (χ4n) is 3.82. The molecule has 6 heteroatoms. The molecule has 1 aliphatic heterocycles. The third kappa shape index (κ3) is 4.71. The molecule has 0 bridgehead atoms. The Morgan fingerprint density at radius 3 is 2.55 bits per heavy atom. The van der Waals surface area contributed by atoms with E-state index >= 15 is 0 Å². The highest BCUT2D eigenvalue weighted by molar-refractivity contribution is 8.18. The van der Waals surface area contributed by atoms with Crippen molar-refractivity contribution in [3.8, 4) is 5.75 Å². The molecule has 0 atom stereocenters. The monoisotopic (exact) mass is 453 g/mol. The number of nitrogens with zero attached hydrogens (tertiary/aromatic N) is 2. The number of amides is 1. The number of nitrogens with one attached hydrogen (secondary N) is 1. The molecule has 0 spiro atoms. The van der Waals surface area contributed by atoms with Gasteiger partial charge in [-0.25, -0.2) is 4.99 Å². The summed E-state index contributed by atoms with van der Waals surface area (Å²) in [5.41, 5.74) is 4.15. The van der Waals surface area contributed by atoms with Crippen LogP contribution in [0.1, 0.15) is 18.1 Å². The van der Waals surface area contributed by atoms with Gasteiger partial charge in [0.1, 0.15) is 5.75 Å². The molecule has 5 rings (SSSR count). The fourth-order valence-corrected chi connectivity index (χ4v) is 4.66. The van der Waals surface area contributed by atoms with Gasteiger partial charge in [-0.15, -0.1) is 0 Å². The number of hydrogen-bond donors (Lipinski definition) is 1. The molecular weight excluding hydrogens is 430 g/mol. The van der Waals surface area contributed by atoms with Crippen LogP contribution in [0.3, 0.4) is 0 Å². The van der Waals surface area contributed by atoms with Crippen LogP contribution < -0.4 is 10.1 Å². The Morgan fingerprint density at radius 2 is 1.76 bits per heavy atom. The zero-order valence-electron chi connectivity index (χ0n) is 18.2. The first-order valence-electron chi connectivity index (χ1n) is 10.8. The van der Waals surface area contributed by atoms with Crippen LogP contribution in [0.15, 0.2) is 95.0 Å². The summed E-state index contributed by atoms with van der Waals surface area (Å²) in [6.07, 6.45) is 4.06. The summed E-state index contributed by atoms with van der Waals surface area (Å²) in [7, 11) is 0. The number of aliphatic imine (C=N–C) groups is 1. The normalized spacial score (nSPS) is 16.0. The van der Waals surface area contributed by atoms with Gasteiger partial charge >= 0.3 is 0 Å². The molecule has 5 nitrogen and oxygen atoms in total. The number of rotatable bonds is 6. The van der Waals surface area contributed by atoms with Gasteiger partial charge in [-0.1, -0.05) is 48.5 Å². The smallest absolute Gasteiger partial charge is 0.264 e. The molecule has 0 aliphatic carbocycles. The second kappa shape index (κ2) is 9.38. The van der Waals surface area contributed by atoms with Crippen molar-refractivity contribution < 1.29 is 9.53 Å². The molecule has 0 radical (unpaired) electrons. The molecule has 2 heterocycles. The van der Waals surface area contributed by atoms with Crippen molar-refractivity contribution in [2.24, 2.45) is 4.99 Å². The summed E-state index contributed by atoms with van der Waals surface area (Å²) in [4.78, 5) is 17.8. The number of amidine groups is 1. The molecule has 1 aliphatic rings. The summed E-state index contributed by atoms with van der Waals surface area (Å²) < 4.78 is 7.70. The van der Waals surface area contributed by atoms with Gasteiger partial charge in [-0.3, -0.25) is 4.79 Å². The van der Waals surface area contributed by atoms with Crippen molar-refractivity contribution in [2.75, 3.05) is 6.61 Å². The molecule has 0 unspecified atom stereocenters. The average Bonchev–Trinajstić information content (AvgIpc) is 3.36. The van der Waals surface area contributed by atoms with Gasteiger partial charge in [0.25, 0.3) is 5.91 Å². The summed E-state index contributed by atoms with van der Waals surface area (Å²) in [5.74, 6) is 0.668. The Balaban J connectivity index is 1.42. The van der Waals surface area contributed by atoms with E-state index in [1.165, 1.54) is 17.3 Å². The van der Waals surface area contributed by atoms with Gasteiger partial charge < -0.3 is 14.6 Å². The predicted octanol–water partition coefficient (Wildman–Crippen LogP) is 5.98. The zero-order chi connectivity index (χ0) is 22.6. The lowest BCUT2D eigenvalue weighted by Gasteiger charge is -2.05. The van der Waals surface area contributed by atoms with Crippen LogP contribution in [0.2, 0.25) is 0 Å². The van der Waals surface area contributed by atoms with Crippen LogP contribution in [0, 0.1) is 0 Å². The minimum absolute atomic E-state index is 0.135. The number of ether oxygens (including phenoxy) is 1. The molecule has 1 N–H and O–H groups in total. The third-order valence-electron chi connectivity index (χ3n) is 5.33. The molecule has 1 fully saturated rings. The van der Waals surface area contributed by atoms with Crippen LogP contribution in [-0.2, 0) is 11.3 Å². The van der Waals surface area contributed by atoms with E-state index in [2.05, 4.69) is 57.5 Å². The number of para-hydroxylation sites is 1. The van der Waals surface area contributed by atoms with Crippen LogP contribution in [-0.4, -0.2) is 22.2 Å². The first kappa shape index (κ1) is 21.1. The van der Waals surface area contributed by atoms with Gasteiger partial charge in [-0.05, 0) is 60.7 Å². The molecule has 1 amide bonds. The van der Waals surface area contributed by atoms with E-state index in [1.807, 2.05) is 55.5 Å². The van der Waals surface area contributed by atoms with E-state index in [-0.39, 0.29) is 5.91 Å². The van der Waals surface area contributed by atoms with Crippen LogP contribution in [0.4, 0.5) is 5.69 Å². The SMILES string of the molecule is CCOc1ccc(N=C2NC(=O)/C(=C\c3cn(Cc4ccccc4)c4ccccc34)S2)cc1. The highest BCUT2D eigenvalue weighted by Crippen LogP contribution is 2.31. The number of hydrogen-bond acceptors (Lipinski definition) is 4. The lowest BCUT2D eigenvalue weighted by molar-refractivity contribution is -0.115. The molecule has 1 saturated heterocycles. The number of carbonyl (C=O) groups excluding carboxylic acids is 1. The Morgan fingerprint density at radius 1 is 1.00 bits per heavy atom. The Hall–Kier alpha value is -3.77. The first-order chi connectivity index (χ1) is 16.2. The maximum atomic E-state index is 12.6. The maximum absolute atomic E-state index is 12.6. The number of carbonyl (C=O) groups is 1. The quantitative estimate of drug-likeness (QED) is 0.366. The molecule has 1 aromatic heterocycles. The highest BCUT2D eigenvalue weighted by atomic mass is 32.2. The molecule has 3 aromatic carbocycles. The second-order valence-electron chi connectivity index (χ2n) is 7.62. The molecular formula is C27H23N3O2S. The van der Waals surface area contributed by atoms with Crippen molar-refractivity contribution >= 4 is 45.5 Å². The van der Waals surface area contributed by atoms with Crippen molar-refractivity contribution in [1.82, 2.24) is 9.88 Å². The van der Waals surface area contributed by atoms with Crippen LogP contribution >= 0.6 is 11.8 Å². The number of thioether (sulfide) groups is 1. The van der Waals surface area contributed by atoms with Crippen LogP contribution in [0.5, 0.6) is 5.75 Å². The number of benzene rings is 3. The number of fused-ring (bicyclic) bond motifs is 1. The largest absolute Gasteiger partial charge is 0.494 e. The standard InChI is InChI=1S/C27H23N3O2S/c1-2-32-22-14-12-21(13-15-22)28-27-29-26(31)25(33-27)16-20-18-30(17-19-8-4-3-5-9-19)24-11-7-6-10-23(20)24/h3-16,18H,2,17H2,1H3,(H,28,29,31)/b25-16+. The summed E-state index contributed by atoms with van der Waals surface area (Å²) in [6, 6.07) is 26.2. The van der Waals surface area contributed by atoms with Gasteiger partial charge in [0.2, 0.25) is 0 Å². The van der Waals surface area contributed by atoms with E-state index in [9.17, 15) is 4.79 Å². The van der Waals surface area contributed by atoms with Crippen molar-refractivity contribution in [3.63, 3.8) is 0 Å². The summed E-state index contributed by atoms with van der Waals surface area (Å²) >= 11 is 1.35. The van der Waals surface area contributed by atoms with E-state index < -0.39 is 0 Å². The van der Waals surface area contributed by atoms with Gasteiger partial charge in [0.15, 0.2) is 5.17 Å². The summed E-state index contributed by atoms with van der Waals surface area (Å²) in [5, 5.41) is 4.56. The fraction of sp³-hybridized carbons (Fsp3) is 0.111. The van der Waals surface area contributed by atoms with E-state index in [1.54, 1.807) is 0 Å². The van der Waals surface area contributed by atoms with Crippen molar-refractivity contribution in [1.29, 1.82) is 0 Å². The van der Waals surface area contributed by atoms with Crippen molar-refractivity contribution in [3.05, 3.63) is 101 Å². The highest BCUT2D eigenvalue weighted by Gasteiger charge is 2.24. The summed E-state index contributed by atoms with van der Waals surface area (Å²) in [6.45, 7) is 3.34. The Labute approximate surface area is 196 Å². The average molecular weight is 454 g/mol. The van der Waals surface area contributed by atoms with Gasteiger partial charge in [0, 0.05) is 29.2 Å². The van der Waals surface area contributed by atoms with E-state index in [4.69, 9.17) is 4.74 Å². The molecule has 4 aromatic rings. The molecule has 0 saturated carbocycles. The van der Waals surface area contributed by atoms with E-state index in [0.717, 1.165) is 34.4 Å². The first-order valence-corrected chi connectivity index (χ1v) is 11.7. The van der Waals surface area contributed by atoms with Crippen molar-refractivity contribution in [2.45, 2.75) is 13.5 Å². The molecule has 164 valence electrons. The van der Waals surface area contributed by atoms with Gasteiger partial charge in [0.05, 0.1) is 17.2 Å². The van der Waals surface area contributed by atoms with Gasteiger partial charge in [-0.2, -0.15) is 0 Å². The second-order valence-corrected chi connectivity index (χ2v) is 8.65. The Bertz CT molecular complexity index is 1360. The predicted molar refractivity (Wildman–Crippen MR) is 136 cm³/mol. The zero-order valence-corrected chi connectivity index (χ0v) is 19.0. The number of aromatic nitrogens is 1. The lowest BCUT2D eigenvalue weighted by Crippen LogP contribution is -2.19. The van der Waals surface area contributed by atoms with Crippen LogP contribution in [0.25, 0.3) is 17.0 Å². The maximum Gasteiger partial charge on any atom is 0.264 e. The topological polar surface area (TPSA) is 55.6 Å². The third-order valence-corrected chi connectivity index (χ3v) is 6.24. The lowest BCUT2D eigenvalue weighted by atomic mass is 10.1. The van der Waals surface area contributed by atoms with E-state index in [0.29, 0.717) is 16.7 Å². The minimum atomic E-state index is -0.135. The molecule has 33 heavy (non-hydrogen) atoms. The minimum Gasteiger partial charge on any atom is -0.494 e. The Kier molecular flexibility index (Phi) is 6.00.